The maximum Gasteiger partial charge on any atom is 0.306 e. The number of halogens is 1. The minimum absolute atomic E-state index is 0.00991. The number of amides is 1. The Hall–Kier alpha value is -4.34. The molecule has 2 heterocycles. The number of hydrogen-bond acceptors (Lipinski definition) is 5. The predicted molar refractivity (Wildman–Crippen MR) is 107 cm³/mol. The van der Waals surface area contributed by atoms with Crippen LogP contribution in [0.1, 0.15) is 16.1 Å². The molecule has 0 saturated heterocycles. The summed E-state index contributed by atoms with van der Waals surface area (Å²) in [6, 6.07) is 12.1. The molecular weight excluding hydrogens is 393 g/mol. The molecule has 2 aromatic heterocycles. The number of hydrogen-bond donors (Lipinski definition) is 2. The zero-order valence-electron chi connectivity index (χ0n) is 15.5. The lowest BCUT2D eigenvalue weighted by atomic mass is 10.1. The van der Waals surface area contributed by atoms with Gasteiger partial charge in [0.25, 0.3) is 5.91 Å². The average molecular weight is 407 g/mol. The van der Waals surface area contributed by atoms with Gasteiger partial charge < -0.3 is 10.3 Å². The summed E-state index contributed by atoms with van der Waals surface area (Å²) < 4.78 is 15.1. The molecule has 2 N–H and O–H groups in total. The van der Waals surface area contributed by atoms with E-state index in [0.717, 1.165) is 17.8 Å². The van der Waals surface area contributed by atoms with Crippen LogP contribution in [0, 0.1) is 22.9 Å². The van der Waals surface area contributed by atoms with Gasteiger partial charge in [0.15, 0.2) is 0 Å². The van der Waals surface area contributed by atoms with Crippen LogP contribution in [0.2, 0.25) is 0 Å². The summed E-state index contributed by atoms with van der Waals surface area (Å²) in [7, 11) is 0. The Balaban J connectivity index is 1.74. The van der Waals surface area contributed by atoms with Crippen molar-refractivity contribution in [1.29, 1.82) is 0 Å². The molecule has 4 rings (SSSR count). The number of rotatable bonds is 4. The zero-order chi connectivity index (χ0) is 21.4. The van der Waals surface area contributed by atoms with Crippen LogP contribution in [0.4, 0.5) is 15.8 Å². The van der Waals surface area contributed by atoms with E-state index in [1.807, 2.05) is 30.3 Å². The van der Waals surface area contributed by atoms with Gasteiger partial charge in [-0.25, -0.2) is 4.68 Å². The van der Waals surface area contributed by atoms with Crippen LogP contribution in [0.15, 0.2) is 59.5 Å². The largest absolute Gasteiger partial charge is 0.345 e. The van der Waals surface area contributed by atoms with Crippen LogP contribution in [0.3, 0.4) is 0 Å². The number of benzene rings is 2. The maximum atomic E-state index is 13.5. The topological polar surface area (TPSA) is 123 Å². The summed E-state index contributed by atoms with van der Waals surface area (Å²) >= 11 is 0. The summed E-state index contributed by atoms with van der Waals surface area (Å²) in [5.74, 6) is -1.81. The molecule has 2 aromatic carbocycles. The van der Waals surface area contributed by atoms with Crippen molar-refractivity contribution in [3.8, 4) is 5.69 Å². The van der Waals surface area contributed by atoms with Gasteiger partial charge in [-0.05, 0) is 31.2 Å². The first-order chi connectivity index (χ1) is 14.4. The Morgan fingerprint density at radius 2 is 1.97 bits per heavy atom. The number of carbonyl (C=O) groups excluding carboxylic acids is 1. The van der Waals surface area contributed by atoms with E-state index in [4.69, 9.17) is 0 Å². The van der Waals surface area contributed by atoms with E-state index in [2.05, 4.69) is 15.4 Å². The SMILES string of the molecule is Cc1nn(-c2ccccc2)c2[nH]cc(C(=O)Nc3ccc(F)c([N+](=O)[O-])c3)c(=O)c12. The lowest BCUT2D eigenvalue weighted by Crippen LogP contribution is -2.22. The third kappa shape index (κ3) is 3.20. The number of para-hydroxylation sites is 1. The lowest BCUT2D eigenvalue weighted by Gasteiger charge is -2.06. The van der Waals surface area contributed by atoms with Crippen molar-refractivity contribution in [2.75, 3.05) is 5.32 Å². The molecule has 0 unspecified atom stereocenters. The monoisotopic (exact) mass is 407 g/mol. The number of anilines is 1. The number of nitro benzene ring substituents is 1. The fraction of sp³-hybridized carbons (Fsp3) is 0.0500. The number of nitrogens with one attached hydrogen (secondary N) is 2. The van der Waals surface area contributed by atoms with Crippen LogP contribution < -0.4 is 10.7 Å². The van der Waals surface area contributed by atoms with E-state index in [1.165, 1.54) is 12.3 Å². The molecule has 30 heavy (non-hydrogen) atoms. The summed E-state index contributed by atoms with van der Waals surface area (Å²) in [6.07, 6.45) is 1.25. The van der Waals surface area contributed by atoms with E-state index in [-0.39, 0.29) is 16.6 Å². The Morgan fingerprint density at radius 3 is 2.67 bits per heavy atom. The van der Waals surface area contributed by atoms with Gasteiger partial charge in [-0.3, -0.25) is 19.7 Å². The van der Waals surface area contributed by atoms with Crippen molar-refractivity contribution in [3.63, 3.8) is 0 Å². The number of pyridine rings is 1. The summed E-state index contributed by atoms with van der Waals surface area (Å²) in [5.41, 5.74) is 0.0612. The molecule has 0 aliphatic carbocycles. The van der Waals surface area contributed by atoms with Crippen molar-refractivity contribution >= 4 is 28.3 Å². The van der Waals surface area contributed by atoms with Crippen molar-refractivity contribution < 1.29 is 14.1 Å². The third-order valence-corrected chi connectivity index (χ3v) is 4.53. The van der Waals surface area contributed by atoms with E-state index < -0.39 is 27.8 Å². The maximum absolute atomic E-state index is 13.5. The number of H-pyrrole nitrogens is 1. The second kappa shape index (κ2) is 7.24. The van der Waals surface area contributed by atoms with Gasteiger partial charge >= 0.3 is 5.69 Å². The van der Waals surface area contributed by atoms with Crippen molar-refractivity contribution in [2.45, 2.75) is 6.92 Å². The molecular formula is C20H14FN5O4. The molecule has 150 valence electrons. The Morgan fingerprint density at radius 1 is 1.23 bits per heavy atom. The number of nitrogens with zero attached hydrogens (tertiary/aromatic N) is 3. The normalized spacial score (nSPS) is 10.9. The van der Waals surface area contributed by atoms with Gasteiger partial charge in [-0.15, -0.1) is 0 Å². The minimum atomic E-state index is -1.03. The summed E-state index contributed by atoms with van der Waals surface area (Å²) in [5, 5.41) is 17.9. The highest BCUT2D eigenvalue weighted by Gasteiger charge is 2.20. The number of aryl methyl sites for hydroxylation is 1. The van der Waals surface area contributed by atoms with Crippen LogP contribution in [-0.2, 0) is 0 Å². The van der Waals surface area contributed by atoms with Gasteiger partial charge in [0.2, 0.25) is 11.2 Å². The molecule has 0 aliphatic rings. The highest BCUT2D eigenvalue weighted by Crippen LogP contribution is 2.22. The molecule has 1 amide bonds. The lowest BCUT2D eigenvalue weighted by molar-refractivity contribution is -0.387. The Labute approximate surface area is 167 Å². The van der Waals surface area contributed by atoms with Crippen LogP contribution in [-0.4, -0.2) is 25.6 Å². The minimum Gasteiger partial charge on any atom is -0.345 e. The molecule has 0 spiro atoms. The molecule has 0 aliphatic heterocycles. The molecule has 0 atom stereocenters. The highest BCUT2D eigenvalue weighted by molar-refractivity contribution is 6.05. The first-order valence-electron chi connectivity index (χ1n) is 8.78. The van der Waals surface area contributed by atoms with Gasteiger partial charge in [0.05, 0.1) is 21.7 Å². The van der Waals surface area contributed by atoms with Crippen LogP contribution in [0.5, 0.6) is 0 Å². The predicted octanol–water partition coefficient (Wildman–Crippen LogP) is 3.32. The molecule has 4 aromatic rings. The van der Waals surface area contributed by atoms with Crippen LogP contribution in [0.25, 0.3) is 16.7 Å². The second-order valence-electron chi connectivity index (χ2n) is 6.47. The van der Waals surface area contributed by atoms with E-state index in [0.29, 0.717) is 11.3 Å². The third-order valence-electron chi connectivity index (χ3n) is 4.53. The average Bonchev–Trinajstić information content (AvgIpc) is 3.07. The molecule has 0 radical (unpaired) electrons. The fourth-order valence-corrected chi connectivity index (χ4v) is 3.13. The van der Waals surface area contributed by atoms with Crippen molar-refractivity contribution in [1.82, 2.24) is 14.8 Å². The highest BCUT2D eigenvalue weighted by atomic mass is 19.1. The molecule has 9 nitrogen and oxygen atoms in total. The first-order valence-corrected chi connectivity index (χ1v) is 8.78. The van der Waals surface area contributed by atoms with Gasteiger partial charge in [-0.1, -0.05) is 18.2 Å². The van der Waals surface area contributed by atoms with Crippen molar-refractivity contribution in [2.24, 2.45) is 0 Å². The standard InChI is InChI=1S/C20H14FN5O4/c1-11-17-18(27)14(10-22-19(17)25(24-11)13-5-3-2-4-6-13)20(28)23-12-7-8-15(21)16(9-12)26(29)30/h2-10H,1H3,(H,22,27)(H,23,28). The number of nitro groups is 1. The Kier molecular flexibility index (Phi) is 4.59. The molecule has 10 heteroatoms. The van der Waals surface area contributed by atoms with Gasteiger partial charge in [0.1, 0.15) is 11.2 Å². The number of aromatic nitrogens is 3. The molecule has 0 saturated carbocycles. The first kappa shape index (κ1) is 19.0. The summed E-state index contributed by atoms with van der Waals surface area (Å²) in [4.78, 5) is 38.5. The summed E-state index contributed by atoms with van der Waals surface area (Å²) in [6.45, 7) is 1.65. The molecule has 0 fully saturated rings. The van der Waals surface area contributed by atoms with Crippen molar-refractivity contribution in [3.05, 3.63) is 92.1 Å². The zero-order valence-corrected chi connectivity index (χ0v) is 15.5. The quantitative estimate of drug-likeness (QED) is 0.397. The van der Waals surface area contributed by atoms with Crippen LogP contribution >= 0.6 is 0 Å². The number of fused-ring (bicyclic) bond motifs is 1. The fourth-order valence-electron chi connectivity index (χ4n) is 3.13. The van der Waals surface area contributed by atoms with Gasteiger partial charge in [-0.2, -0.15) is 9.49 Å². The second-order valence-corrected chi connectivity index (χ2v) is 6.47. The Bertz CT molecular complexity index is 1360. The number of carbonyl (C=O) groups is 1. The van der Waals surface area contributed by atoms with E-state index in [1.54, 1.807) is 11.6 Å². The number of aromatic amines is 1. The van der Waals surface area contributed by atoms with Gasteiger partial charge in [0, 0.05) is 18.0 Å². The smallest absolute Gasteiger partial charge is 0.306 e. The van der Waals surface area contributed by atoms with E-state index >= 15 is 0 Å². The molecule has 0 bridgehead atoms. The van der Waals surface area contributed by atoms with E-state index in [9.17, 15) is 24.1 Å².